The monoisotopic (exact) mass is 382 g/mol. The zero-order valence-corrected chi connectivity index (χ0v) is 13.9. The Morgan fingerprint density at radius 1 is 0.923 bits per heavy atom. The second kappa shape index (κ2) is 6.15. The van der Waals surface area contributed by atoms with Gasteiger partial charge in [-0.3, -0.25) is 5.10 Å². The molecule has 0 spiro atoms. The molecule has 136 valence electrons. The van der Waals surface area contributed by atoms with Gasteiger partial charge in [-0.15, -0.1) is 0 Å². The molecule has 1 aromatic heterocycles. The quantitative estimate of drug-likeness (QED) is 0.604. The van der Waals surface area contributed by atoms with Gasteiger partial charge in [-0.05, 0) is 29.8 Å². The third-order valence-electron chi connectivity index (χ3n) is 3.71. The lowest BCUT2D eigenvalue weighted by molar-refractivity contribution is -0.140. The van der Waals surface area contributed by atoms with Crippen molar-refractivity contribution in [2.24, 2.45) is 5.14 Å². The second-order valence-electron chi connectivity index (χ2n) is 5.51. The van der Waals surface area contributed by atoms with Gasteiger partial charge in [-0.2, -0.15) is 18.3 Å². The number of rotatable bonds is 3. The zero-order chi connectivity index (χ0) is 19.1. The van der Waals surface area contributed by atoms with E-state index >= 15 is 0 Å². The molecule has 0 aliphatic rings. The van der Waals surface area contributed by atoms with E-state index in [1.165, 1.54) is 48.5 Å². The number of sulfonamides is 1. The number of halogens is 3. The van der Waals surface area contributed by atoms with Crippen LogP contribution in [0.4, 0.5) is 18.9 Å². The summed E-state index contributed by atoms with van der Waals surface area (Å²) in [5.74, 6) is 0. The minimum atomic E-state index is -4.65. The molecular weight excluding hydrogens is 369 g/mol. The SMILES string of the molecule is Nc1ccc(-c2c(-c3ccc(S(N)(=O)=O)cc3)n[nH]c2C(F)(F)F)cc1. The number of nitrogens with zero attached hydrogens (tertiary/aromatic N) is 1. The van der Waals surface area contributed by atoms with Gasteiger partial charge in [0.05, 0.1) is 4.90 Å². The van der Waals surface area contributed by atoms with Crippen LogP contribution in [-0.2, 0) is 16.2 Å². The fourth-order valence-corrected chi connectivity index (χ4v) is 3.00. The summed E-state index contributed by atoms with van der Waals surface area (Å²) >= 11 is 0. The van der Waals surface area contributed by atoms with Crippen LogP contribution in [0.25, 0.3) is 22.4 Å². The lowest BCUT2D eigenvalue weighted by atomic mass is 9.98. The largest absolute Gasteiger partial charge is 0.433 e. The van der Waals surface area contributed by atoms with Gasteiger partial charge >= 0.3 is 6.18 Å². The number of aromatic amines is 1. The summed E-state index contributed by atoms with van der Waals surface area (Å²) in [6.07, 6.45) is -4.65. The lowest BCUT2D eigenvalue weighted by Gasteiger charge is -2.10. The average molecular weight is 382 g/mol. The third kappa shape index (κ3) is 3.41. The molecule has 3 aromatic rings. The van der Waals surface area contributed by atoms with Crippen molar-refractivity contribution in [2.45, 2.75) is 11.1 Å². The number of hydrogen-bond donors (Lipinski definition) is 3. The molecule has 6 nitrogen and oxygen atoms in total. The third-order valence-corrected chi connectivity index (χ3v) is 4.63. The summed E-state index contributed by atoms with van der Waals surface area (Å²) in [5.41, 5.74) is 5.45. The van der Waals surface area contributed by atoms with Crippen LogP contribution in [0.2, 0.25) is 0 Å². The van der Waals surface area contributed by atoms with Gasteiger partial charge in [0.2, 0.25) is 10.0 Å². The van der Waals surface area contributed by atoms with E-state index < -0.39 is 21.9 Å². The maximum Gasteiger partial charge on any atom is 0.433 e. The highest BCUT2D eigenvalue weighted by molar-refractivity contribution is 7.89. The van der Waals surface area contributed by atoms with Crippen molar-refractivity contribution >= 4 is 15.7 Å². The van der Waals surface area contributed by atoms with E-state index in [9.17, 15) is 21.6 Å². The van der Waals surface area contributed by atoms with Crippen LogP contribution in [0.5, 0.6) is 0 Å². The summed E-state index contributed by atoms with van der Waals surface area (Å²) in [6.45, 7) is 0. The van der Waals surface area contributed by atoms with E-state index in [0.29, 0.717) is 11.3 Å². The predicted molar refractivity (Wildman–Crippen MR) is 90.2 cm³/mol. The zero-order valence-electron chi connectivity index (χ0n) is 13.1. The summed E-state index contributed by atoms with van der Waals surface area (Å²) in [7, 11) is -3.91. The molecule has 0 amide bonds. The Kier molecular flexibility index (Phi) is 4.24. The Bertz CT molecular complexity index is 1040. The second-order valence-corrected chi connectivity index (χ2v) is 7.07. The first kappa shape index (κ1) is 18.0. The molecule has 5 N–H and O–H groups in total. The Morgan fingerprint density at radius 2 is 1.46 bits per heavy atom. The van der Waals surface area contributed by atoms with Gasteiger partial charge < -0.3 is 5.73 Å². The van der Waals surface area contributed by atoms with Gasteiger partial charge in [-0.1, -0.05) is 24.3 Å². The van der Waals surface area contributed by atoms with Gasteiger partial charge in [0, 0.05) is 16.8 Å². The Labute approximate surface area is 146 Å². The highest BCUT2D eigenvalue weighted by Crippen LogP contribution is 2.41. The maximum absolute atomic E-state index is 13.4. The molecule has 0 bridgehead atoms. The van der Waals surface area contributed by atoms with Crippen molar-refractivity contribution < 1.29 is 21.6 Å². The molecule has 0 saturated heterocycles. The maximum atomic E-state index is 13.4. The van der Waals surface area contributed by atoms with Crippen molar-refractivity contribution in [3.05, 3.63) is 54.2 Å². The topological polar surface area (TPSA) is 115 Å². The molecule has 3 rings (SSSR count). The fourth-order valence-electron chi connectivity index (χ4n) is 2.49. The van der Waals surface area contributed by atoms with E-state index in [-0.39, 0.29) is 21.7 Å². The number of nitrogens with two attached hydrogens (primary N) is 2. The normalized spacial score (nSPS) is 12.3. The van der Waals surface area contributed by atoms with Gasteiger partial charge in [0.25, 0.3) is 0 Å². The first-order chi connectivity index (χ1) is 12.1. The van der Waals surface area contributed by atoms with Crippen molar-refractivity contribution in [1.82, 2.24) is 10.2 Å². The summed E-state index contributed by atoms with van der Waals surface area (Å²) in [4.78, 5) is -0.151. The van der Waals surface area contributed by atoms with Crippen molar-refractivity contribution in [3.63, 3.8) is 0 Å². The average Bonchev–Trinajstić information content (AvgIpc) is 3.00. The van der Waals surface area contributed by atoms with Gasteiger partial charge in [0.1, 0.15) is 11.4 Å². The van der Waals surface area contributed by atoms with E-state index in [2.05, 4.69) is 5.10 Å². The summed E-state index contributed by atoms with van der Waals surface area (Å²) < 4.78 is 62.8. The minimum absolute atomic E-state index is 0.0306. The molecule has 0 aliphatic carbocycles. The molecule has 0 radical (unpaired) electrons. The number of anilines is 1. The van der Waals surface area contributed by atoms with Crippen molar-refractivity contribution in [3.8, 4) is 22.4 Å². The molecule has 0 atom stereocenters. The van der Waals surface area contributed by atoms with Crippen LogP contribution in [-0.4, -0.2) is 18.6 Å². The number of nitrogens with one attached hydrogen (secondary N) is 1. The Morgan fingerprint density at radius 3 is 1.96 bits per heavy atom. The molecule has 0 fully saturated rings. The molecule has 0 saturated carbocycles. The van der Waals surface area contributed by atoms with Gasteiger partial charge in [0.15, 0.2) is 0 Å². The molecule has 2 aromatic carbocycles. The molecular formula is C16H13F3N4O2S. The first-order valence-corrected chi connectivity index (χ1v) is 8.77. The highest BCUT2D eigenvalue weighted by atomic mass is 32.2. The number of primary sulfonamides is 1. The Balaban J connectivity index is 2.19. The molecule has 10 heteroatoms. The molecule has 0 unspecified atom stereocenters. The number of benzene rings is 2. The smallest absolute Gasteiger partial charge is 0.399 e. The first-order valence-electron chi connectivity index (χ1n) is 7.22. The molecule has 0 aliphatic heterocycles. The molecule has 1 heterocycles. The predicted octanol–water partition coefficient (Wildman–Crippen LogP) is 2.99. The van der Waals surface area contributed by atoms with Gasteiger partial charge in [-0.25, -0.2) is 13.6 Å². The van der Waals surface area contributed by atoms with Crippen molar-refractivity contribution in [1.29, 1.82) is 0 Å². The van der Waals surface area contributed by atoms with Crippen LogP contribution in [0.3, 0.4) is 0 Å². The summed E-state index contributed by atoms with van der Waals surface area (Å²) in [6, 6.07) is 11.0. The van der Waals surface area contributed by atoms with E-state index in [1.54, 1.807) is 0 Å². The number of nitrogen functional groups attached to an aromatic ring is 1. The van der Waals surface area contributed by atoms with Crippen LogP contribution in [0.1, 0.15) is 5.69 Å². The lowest BCUT2D eigenvalue weighted by Crippen LogP contribution is -2.11. The Hall–Kier alpha value is -2.85. The standard InChI is InChI=1S/C16H13F3N4O2S/c17-16(18,19)15-13(9-1-5-11(20)6-2-9)14(22-23-15)10-3-7-12(8-4-10)26(21,24)25/h1-8H,20H2,(H,22,23)(H2,21,24,25). The summed E-state index contributed by atoms with van der Waals surface area (Å²) in [5, 5.41) is 10.8. The number of H-pyrrole nitrogens is 1. The van der Waals surface area contributed by atoms with E-state index in [1.807, 2.05) is 5.10 Å². The van der Waals surface area contributed by atoms with Crippen LogP contribution < -0.4 is 10.9 Å². The number of hydrogen-bond acceptors (Lipinski definition) is 4. The minimum Gasteiger partial charge on any atom is -0.399 e. The van der Waals surface area contributed by atoms with Crippen LogP contribution in [0.15, 0.2) is 53.4 Å². The molecule has 26 heavy (non-hydrogen) atoms. The van der Waals surface area contributed by atoms with Crippen LogP contribution in [0, 0.1) is 0 Å². The van der Waals surface area contributed by atoms with Crippen LogP contribution >= 0.6 is 0 Å². The number of aromatic nitrogens is 2. The number of alkyl halides is 3. The highest BCUT2D eigenvalue weighted by Gasteiger charge is 2.38. The van der Waals surface area contributed by atoms with E-state index in [4.69, 9.17) is 10.9 Å². The fraction of sp³-hybridized carbons (Fsp3) is 0.0625. The van der Waals surface area contributed by atoms with Crippen molar-refractivity contribution in [2.75, 3.05) is 5.73 Å². The van der Waals surface area contributed by atoms with E-state index in [0.717, 1.165) is 0 Å².